The van der Waals surface area contributed by atoms with E-state index in [1.807, 2.05) is 99.6 Å². The number of urea groups is 1. The third-order valence-corrected chi connectivity index (χ3v) is 13.6. The van der Waals surface area contributed by atoms with Crippen LogP contribution < -0.4 is 31.9 Å². The number of carbonyl (C=O) groups is 6. The highest BCUT2D eigenvalue weighted by atomic mass is 32.2. The van der Waals surface area contributed by atoms with Crippen molar-refractivity contribution in [2.75, 3.05) is 37.8 Å². The van der Waals surface area contributed by atoms with Crippen LogP contribution in [0.15, 0.2) is 46.9 Å². The van der Waals surface area contributed by atoms with Crippen LogP contribution in [0.5, 0.6) is 0 Å². The van der Waals surface area contributed by atoms with Crippen molar-refractivity contribution in [1.29, 1.82) is 0 Å². The summed E-state index contributed by atoms with van der Waals surface area (Å²) in [6, 6.07) is 3.90. The van der Waals surface area contributed by atoms with E-state index in [9.17, 15) is 28.8 Å². The molecule has 18 heteroatoms. The van der Waals surface area contributed by atoms with E-state index >= 15 is 0 Å². The van der Waals surface area contributed by atoms with Gasteiger partial charge in [0, 0.05) is 42.9 Å². The Morgan fingerprint density at radius 2 is 1.65 bits per heavy atom. The number of aliphatic imine (C=N–C) groups is 1. The van der Waals surface area contributed by atoms with Crippen LogP contribution in [-0.4, -0.2) is 124 Å². The van der Waals surface area contributed by atoms with Gasteiger partial charge >= 0.3 is 6.03 Å². The van der Waals surface area contributed by atoms with Crippen LogP contribution in [0.3, 0.4) is 0 Å². The third kappa shape index (κ3) is 12.1. The number of carbonyl (C=O) groups excluding carboxylic acids is 6. The van der Waals surface area contributed by atoms with Crippen LogP contribution in [-0.2, 0) is 24.0 Å². The molecule has 0 aliphatic carbocycles. The summed E-state index contributed by atoms with van der Waals surface area (Å²) in [5.41, 5.74) is -0.671. The van der Waals surface area contributed by atoms with Crippen molar-refractivity contribution in [3.05, 3.63) is 52.5 Å². The monoisotopic (exact) mass is 894 g/mol. The zero-order valence-electron chi connectivity index (χ0n) is 37.7. The molecule has 8 atom stereocenters. The Hall–Kier alpha value is -4.71. The zero-order valence-corrected chi connectivity index (χ0v) is 39.4. The van der Waals surface area contributed by atoms with Crippen molar-refractivity contribution in [2.24, 2.45) is 27.7 Å². The van der Waals surface area contributed by atoms with Crippen molar-refractivity contribution in [3.8, 4) is 0 Å². The van der Waals surface area contributed by atoms with Crippen molar-refractivity contribution in [1.82, 2.24) is 46.7 Å². The summed E-state index contributed by atoms with van der Waals surface area (Å²) < 4.78 is 0. The van der Waals surface area contributed by atoms with Gasteiger partial charge in [0.2, 0.25) is 29.5 Å². The molecule has 3 aliphatic heterocycles. The molecule has 5 rings (SSSR count). The molecule has 0 radical (unpaired) electrons. The summed E-state index contributed by atoms with van der Waals surface area (Å²) in [4.78, 5) is 96.9. The molecule has 2 fully saturated rings. The molecule has 0 unspecified atom stereocenters. The van der Waals surface area contributed by atoms with Gasteiger partial charge in [0.15, 0.2) is 0 Å². The van der Waals surface area contributed by atoms with Gasteiger partial charge < -0.3 is 41.7 Å². The van der Waals surface area contributed by atoms with Crippen LogP contribution in [0, 0.1) is 22.7 Å². The van der Waals surface area contributed by atoms with E-state index in [4.69, 9.17) is 4.99 Å². The number of rotatable bonds is 11. The van der Waals surface area contributed by atoms with Gasteiger partial charge in [0.1, 0.15) is 41.6 Å². The minimum atomic E-state index is -1.09. The lowest BCUT2D eigenvalue weighted by molar-refractivity contribution is -0.140. The molecule has 16 nitrogen and oxygen atoms in total. The van der Waals surface area contributed by atoms with E-state index in [2.05, 4.69) is 36.9 Å². The standard InChI is InChI=1S/C44H66N10O6S2/c1-25(2)31-37(56)52-34(43(5,6)7)36(46-23-30(55)54-18-16-26(3)33(54)39(58)49-31)51-35(44(8,9)10)40(59)50-32(27(4)28-14-12-11-13-15-28)38(57)48-29(41-45-17-20-62-41)22-47-42(60)53-19-21-61-24-53/h11-15,17,20,25-27,29,31-35H,16,18-19,21-24H2,1-10H3,(H,46,51)(H,47,60)(H,48,57)(H,49,58)(H,50,59)(H,52,56)/t26-,27+,29-,31+,32+,33+,34-,35-/m1/s1. The van der Waals surface area contributed by atoms with Crippen molar-refractivity contribution in [3.63, 3.8) is 0 Å². The Morgan fingerprint density at radius 1 is 0.935 bits per heavy atom. The molecular formula is C44H66N10O6S2. The molecule has 0 spiro atoms. The maximum atomic E-state index is 14.9. The van der Waals surface area contributed by atoms with E-state index in [1.54, 1.807) is 33.1 Å². The van der Waals surface area contributed by atoms with E-state index in [0.29, 0.717) is 30.4 Å². The fraction of sp³-hybridized carbons (Fsp3) is 0.636. The molecular weight excluding hydrogens is 829 g/mol. The average Bonchev–Trinajstić information content (AvgIpc) is 4.02. The predicted molar refractivity (Wildman–Crippen MR) is 243 cm³/mol. The first-order chi connectivity index (χ1) is 29.2. The molecule has 340 valence electrons. The smallest absolute Gasteiger partial charge is 0.318 e. The Bertz CT molecular complexity index is 1930. The van der Waals surface area contributed by atoms with E-state index in [0.717, 1.165) is 11.3 Å². The average molecular weight is 895 g/mol. The molecule has 0 bridgehead atoms. The highest BCUT2D eigenvalue weighted by Gasteiger charge is 2.44. The van der Waals surface area contributed by atoms with Crippen molar-refractivity contribution in [2.45, 2.75) is 118 Å². The summed E-state index contributed by atoms with van der Waals surface area (Å²) >= 11 is 3.02. The summed E-state index contributed by atoms with van der Waals surface area (Å²) in [5.74, 6) is -1.35. The second kappa shape index (κ2) is 20.6. The number of amidine groups is 1. The molecule has 1 aromatic carbocycles. The lowest BCUT2D eigenvalue weighted by Crippen LogP contribution is -2.65. The van der Waals surface area contributed by atoms with Crippen LogP contribution in [0.25, 0.3) is 0 Å². The quantitative estimate of drug-likeness (QED) is 0.195. The van der Waals surface area contributed by atoms with Gasteiger partial charge in [0.05, 0.1) is 18.0 Å². The number of hydrogen-bond acceptors (Lipinski definition) is 11. The van der Waals surface area contributed by atoms with E-state index in [1.165, 1.54) is 11.3 Å². The fourth-order valence-corrected chi connectivity index (χ4v) is 9.60. The number of aromatic nitrogens is 1. The molecule has 62 heavy (non-hydrogen) atoms. The van der Waals surface area contributed by atoms with Crippen LogP contribution in [0.4, 0.5) is 4.79 Å². The first-order valence-corrected chi connectivity index (χ1v) is 23.6. The molecule has 7 amide bonds. The highest BCUT2D eigenvalue weighted by molar-refractivity contribution is 7.99. The molecule has 6 N–H and O–H groups in total. The minimum Gasteiger partial charge on any atom is -0.360 e. The van der Waals surface area contributed by atoms with Crippen molar-refractivity contribution < 1.29 is 28.8 Å². The predicted octanol–water partition coefficient (Wildman–Crippen LogP) is 3.63. The maximum Gasteiger partial charge on any atom is 0.318 e. The van der Waals surface area contributed by atoms with Gasteiger partial charge in [-0.3, -0.25) is 29.0 Å². The molecule has 2 aromatic rings. The summed E-state index contributed by atoms with van der Waals surface area (Å²) in [6.45, 7) is 19.7. The van der Waals surface area contributed by atoms with Gasteiger partial charge in [-0.1, -0.05) is 99.6 Å². The van der Waals surface area contributed by atoms with Crippen LogP contribution in [0.2, 0.25) is 0 Å². The van der Waals surface area contributed by atoms with Gasteiger partial charge in [-0.25, -0.2) is 9.78 Å². The largest absolute Gasteiger partial charge is 0.360 e. The number of nitrogens with zero attached hydrogens (tertiary/aromatic N) is 4. The van der Waals surface area contributed by atoms with Gasteiger partial charge in [0.25, 0.3) is 0 Å². The molecule has 4 heterocycles. The Kier molecular flexibility index (Phi) is 16.1. The molecule has 2 saturated heterocycles. The van der Waals surface area contributed by atoms with Crippen molar-refractivity contribution >= 4 is 64.5 Å². The lowest BCUT2D eigenvalue weighted by Gasteiger charge is -2.39. The Morgan fingerprint density at radius 3 is 2.24 bits per heavy atom. The van der Waals surface area contributed by atoms with Gasteiger partial charge in [-0.2, -0.15) is 0 Å². The number of thioether (sulfide) groups is 1. The minimum absolute atomic E-state index is 0.0860. The summed E-state index contributed by atoms with van der Waals surface area (Å²) in [7, 11) is 0. The highest BCUT2D eigenvalue weighted by Crippen LogP contribution is 2.29. The van der Waals surface area contributed by atoms with Gasteiger partial charge in [-0.05, 0) is 34.7 Å². The maximum absolute atomic E-state index is 14.9. The first-order valence-electron chi connectivity index (χ1n) is 21.5. The second-order valence-corrected chi connectivity index (χ2v) is 21.1. The summed E-state index contributed by atoms with van der Waals surface area (Å²) in [6.07, 6.45) is 2.26. The SMILES string of the molecule is CC(C)[C@@H]1NC(=O)[C@@H]2[C@H](C)CCN2C(=O)CN=C(N[C@H](C(=O)N[C@H](C(=O)N[C@H](CNC(=O)N2CCSC2)c2nccs2)[C@@H](C)c2ccccc2)C(C)(C)C)[C@H](C(C)(C)C)NC1=O. The number of thiazole rings is 1. The number of nitrogens with one attached hydrogen (secondary N) is 6. The zero-order chi connectivity index (χ0) is 45.5. The second-order valence-electron chi connectivity index (χ2n) is 19.1. The Labute approximate surface area is 374 Å². The number of fused-ring (bicyclic) bond motifs is 1. The van der Waals surface area contributed by atoms with E-state index in [-0.39, 0.29) is 48.6 Å². The normalized spacial score (nSPS) is 23.4. The van der Waals surface area contributed by atoms with Crippen LogP contribution in [0.1, 0.15) is 98.2 Å². The number of hydrogen-bond donors (Lipinski definition) is 6. The first kappa shape index (κ1) is 48.3. The third-order valence-electron chi connectivity index (χ3n) is 11.7. The summed E-state index contributed by atoms with van der Waals surface area (Å²) in [5, 5.41) is 21.0. The lowest BCUT2D eigenvalue weighted by atomic mass is 9.82. The topological polar surface area (TPSA) is 206 Å². The van der Waals surface area contributed by atoms with Gasteiger partial charge in [-0.15, -0.1) is 23.1 Å². The Balaban J connectivity index is 1.49. The van der Waals surface area contributed by atoms with Crippen LogP contribution >= 0.6 is 23.1 Å². The number of amides is 7. The molecule has 0 saturated carbocycles. The van der Waals surface area contributed by atoms with E-state index < -0.39 is 70.7 Å². The molecule has 1 aromatic heterocycles. The fourth-order valence-electron chi connectivity index (χ4n) is 7.96. The molecule has 3 aliphatic rings. The number of benzene rings is 1.